The average Bonchev–Trinajstić information content (AvgIpc) is 2.83. The molecule has 0 heterocycles. The quantitative estimate of drug-likeness (QED) is 0.756. The molecule has 1 aromatic rings. The third-order valence-electron chi connectivity index (χ3n) is 3.82. The van der Waals surface area contributed by atoms with Gasteiger partial charge in [0.2, 0.25) is 0 Å². The number of nitrogens with one attached hydrogen (secondary N) is 1. The summed E-state index contributed by atoms with van der Waals surface area (Å²) in [6.45, 7) is 8.58. The highest BCUT2D eigenvalue weighted by Crippen LogP contribution is 2.26. The smallest absolute Gasteiger partial charge is 0.119 e. The summed E-state index contributed by atoms with van der Waals surface area (Å²) >= 11 is 0. The van der Waals surface area contributed by atoms with Crippen LogP contribution in [0.15, 0.2) is 18.2 Å². The lowest BCUT2D eigenvalue weighted by Crippen LogP contribution is -2.36. The molecule has 0 amide bonds. The molecule has 0 bridgehead atoms. The molecule has 0 saturated heterocycles. The van der Waals surface area contributed by atoms with Gasteiger partial charge in [-0.3, -0.25) is 0 Å². The lowest BCUT2D eigenvalue weighted by molar-refractivity contribution is 0.303. The summed E-state index contributed by atoms with van der Waals surface area (Å²) in [4.78, 5) is 0. The van der Waals surface area contributed by atoms with Crippen LogP contribution in [0.4, 0.5) is 0 Å². The molecule has 2 rings (SSSR count). The Bertz CT molecular complexity index is 420. The van der Waals surface area contributed by atoms with Crippen molar-refractivity contribution in [2.45, 2.75) is 64.8 Å². The van der Waals surface area contributed by atoms with E-state index in [2.05, 4.69) is 44.3 Å². The van der Waals surface area contributed by atoms with Crippen molar-refractivity contribution >= 4 is 0 Å². The van der Waals surface area contributed by atoms with Crippen molar-refractivity contribution in [1.29, 1.82) is 0 Å². The summed E-state index contributed by atoms with van der Waals surface area (Å²) in [6.07, 6.45) is 7.38. The van der Waals surface area contributed by atoms with Crippen molar-refractivity contribution in [3.05, 3.63) is 29.3 Å². The molecule has 0 aliphatic heterocycles. The van der Waals surface area contributed by atoms with Crippen molar-refractivity contribution in [1.82, 2.24) is 5.32 Å². The molecule has 0 aromatic heterocycles. The second-order valence-electron chi connectivity index (χ2n) is 6.87. The van der Waals surface area contributed by atoms with Crippen LogP contribution < -0.4 is 10.1 Å². The van der Waals surface area contributed by atoms with Gasteiger partial charge in [-0.1, -0.05) is 6.07 Å². The van der Waals surface area contributed by atoms with Crippen LogP contribution in [0.25, 0.3) is 0 Å². The van der Waals surface area contributed by atoms with Crippen molar-refractivity contribution in [2.75, 3.05) is 13.2 Å². The minimum atomic E-state index is 0.237. The molecule has 0 unspecified atom stereocenters. The molecule has 0 saturated carbocycles. The number of hydrogen-bond donors (Lipinski definition) is 1. The molecule has 20 heavy (non-hydrogen) atoms. The van der Waals surface area contributed by atoms with Gasteiger partial charge in [0.1, 0.15) is 5.75 Å². The van der Waals surface area contributed by atoms with Gasteiger partial charge < -0.3 is 10.1 Å². The van der Waals surface area contributed by atoms with E-state index in [0.717, 1.165) is 25.3 Å². The zero-order valence-electron chi connectivity index (χ0n) is 13.3. The van der Waals surface area contributed by atoms with E-state index in [9.17, 15) is 0 Å². The highest BCUT2D eigenvalue weighted by Gasteiger charge is 2.11. The topological polar surface area (TPSA) is 21.3 Å². The first-order valence-electron chi connectivity index (χ1n) is 8.04. The molecule has 2 heteroatoms. The van der Waals surface area contributed by atoms with E-state index < -0.39 is 0 Å². The maximum Gasteiger partial charge on any atom is 0.119 e. The number of aryl methyl sites for hydroxylation is 2. The second kappa shape index (κ2) is 7.12. The maximum absolute atomic E-state index is 5.86. The maximum atomic E-state index is 5.86. The van der Waals surface area contributed by atoms with Crippen LogP contribution in [0.2, 0.25) is 0 Å². The van der Waals surface area contributed by atoms with E-state index >= 15 is 0 Å². The lowest BCUT2D eigenvalue weighted by Gasteiger charge is -2.20. The summed E-state index contributed by atoms with van der Waals surface area (Å²) in [7, 11) is 0. The fraction of sp³-hybridized carbons (Fsp3) is 0.667. The van der Waals surface area contributed by atoms with E-state index in [1.54, 1.807) is 0 Å². The summed E-state index contributed by atoms with van der Waals surface area (Å²) < 4.78 is 5.86. The van der Waals surface area contributed by atoms with Gasteiger partial charge >= 0.3 is 0 Å². The number of fused-ring (bicyclic) bond motifs is 1. The largest absolute Gasteiger partial charge is 0.494 e. The number of rotatable bonds is 7. The van der Waals surface area contributed by atoms with Crippen LogP contribution in [0.3, 0.4) is 0 Å². The van der Waals surface area contributed by atoms with Gasteiger partial charge in [0, 0.05) is 5.54 Å². The minimum Gasteiger partial charge on any atom is -0.494 e. The van der Waals surface area contributed by atoms with E-state index in [1.807, 2.05) is 0 Å². The zero-order valence-corrected chi connectivity index (χ0v) is 13.3. The third kappa shape index (κ3) is 5.16. The van der Waals surface area contributed by atoms with Crippen molar-refractivity contribution in [3.63, 3.8) is 0 Å². The first-order valence-corrected chi connectivity index (χ1v) is 8.04. The SMILES string of the molecule is CC(C)(C)NCCCCCOc1ccc2c(c1)CCC2. The Morgan fingerprint density at radius 3 is 2.65 bits per heavy atom. The van der Waals surface area contributed by atoms with Crippen molar-refractivity contribution < 1.29 is 4.74 Å². The third-order valence-corrected chi connectivity index (χ3v) is 3.82. The molecule has 112 valence electrons. The summed E-state index contributed by atoms with van der Waals surface area (Å²) in [6, 6.07) is 6.61. The van der Waals surface area contributed by atoms with Crippen LogP contribution in [0, 0.1) is 0 Å². The molecule has 1 aliphatic carbocycles. The van der Waals surface area contributed by atoms with Crippen LogP contribution >= 0.6 is 0 Å². The molecule has 0 spiro atoms. The van der Waals surface area contributed by atoms with Gasteiger partial charge in [0.15, 0.2) is 0 Å². The normalized spacial score (nSPS) is 14.3. The first-order chi connectivity index (χ1) is 9.54. The second-order valence-corrected chi connectivity index (χ2v) is 6.87. The Hall–Kier alpha value is -1.02. The van der Waals surface area contributed by atoms with Crippen LogP contribution in [-0.2, 0) is 12.8 Å². The Morgan fingerprint density at radius 2 is 1.85 bits per heavy atom. The molecular weight excluding hydrogens is 246 g/mol. The van der Waals surface area contributed by atoms with E-state index in [4.69, 9.17) is 4.74 Å². The molecule has 1 aliphatic rings. The molecule has 2 nitrogen and oxygen atoms in total. The minimum absolute atomic E-state index is 0.237. The Morgan fingerprint density at radius 1 is 1.05 bits per heavy atom. The van der Waals surface area contributed by atoms with Gasteiger partial charge in [-0.05, 0) is 89.1 Å². The Kier molecular flexibility index (Phi) is 5.47. The van der Waals surface area contributed by atoms with Crippen LogP contribution in [0.5, 0.6) is 5.75 Å². The monoisotopic (exact) mass is 275 g/mol. The molecule has 1 N–H and O–H groups in total. The number of hydrogen-bond acceptors (Lipinski definition) is 2. The van der Waals surface area contributed by atoms with Gasteiger partial charge in [-0.15, -0.1) is 0 Å². The van der Waals surface area contributed by atoms with Gasteiger partial charge in [-0.25, -0.2) is 0 Å². The van der Waals surface area contributed by atoms with E-state index in [0.29, 0.717) is 0 Å². The fourth-order valence-corrected chi connectivity index (χ4v) is 2.70. The molecular formula is C18H29NO. The van der Waals surface area contributed by atoms with E-state index in [-0.39, 0.29) is 5.54 Å². The summed E-state index contributed by atoms with van der Waals surface area (Å²) in [5.74, 6) is 1.05. The predicted octanol–water partition coefficient (Wildman–Crippen LogP) is 4.11. The van der Waals surface area contributed by atoms with Crippen LogP contribution in [-0.4, -0.2) is 18.7 Å². The zero-order chi connectivity index (χ0) is 14.4. The first kappa shape index (κ1) is 15.4. The average molecular weight is 275 g/mol. The summed E-state index contributed by atoms with van der Waals surface area (Å²) in [5, 5.41) is 3.52. The molecule has 0 radical (unpaired) electrons. The lowest BCUT2D eigenvalue weighted by atomic mass is 10.1. The van der Waals surface area contributed by atoms with Crippen molar-refractivity contribution in [2.24, 2.45) is 0 Å². The molecule has 1 aromatic carbocycles. The summed E-state index contributed by atoms with van der Waals surface area (Å²) in [5.41, 5.74) is 3.25. The van der Waals surface area contributed by atoms with Gasteiger partial charge in [0.05, 0.1) is 6.61 Å². The fourth-order valence-electron chi connectivity index (χ4n) is 2.70. The highest BCUT2D eigenvalue weighted by molar-refractivity contribution is 5.38. The van der Waals surface area contributed by atoms with Gasteiger partial charge in [-0.2, -0.15) is 0 Å². The molecule has 0 fully saturated rings. The molecule has 0 atom stereocenters. The standard InChI is InChI=1S/C18H29NO/c1-18(2,3)19-12-5-4-6-13-20-17-11-10-15-8-7-9-16(15)14-17/h10-11,14,19H,4-9,12-13H2,1-3H3. The number of benzene rings is 1. The number of unbranched alkanes of at least 4 members (excludes halogenated alkanes) is 2. The predicted molar refractivity (Wildman–Crippen MR) is 85.6 cm³/mol. The van der Waals surface area contributed by atoms with Gasteiger partial charge in [0.25, 0.3) is 0 Å². The Balaban J connectivity index is 1.57. The highest BCUT2D eigenvalue weighted by atomic mass is 16.5. The number of ether oxygens (including phenoxy) is 1. The Labute approximate surface area is 123 Å². The van der Waals surface area contributed by atoms with Crippen molar-refractivity contribution in [3.8, 4) is 5.75 Å². The van der Waals surface area contributed by atoms with Crippen LogP contribution in [0.1, 0.15) is 57.6 Å². The van der Waals surface area contributed by atoms with E-state index in [1.165, 1.54) is 43.2 Å².